The van der Waals surface area contributed by atoms with Gasteiger partial charge in [-0.05, 0) is 53.2 Å². The number of hydrogen-bond donors (Lipinski definition) is 0. The summed E-state index contributed by atoms with van der Waals surface area (Å²) in [4.78, 5) is 2.45. The lowest BCUT2D eigenvalue weighted by atomic mass is 9.94. The lowest BCUT2D eigenvalue weighted by Gasteiger charge is -2.37. The molecule has 94 valence electrons. The third-order valence-electron chi connectivity index (χ3n) is 3.65. The first kappa shape index (κ1) is 13.0. The van der Waals surface area contributed by atoms with E-state index in [-0.39, 0.29) is 5.82 Å². The Kier molecular flexibility index (Phi) is 4.21. The molecule has 0 radical (unpaired) electrons. The van der Waals surface area contributed by atoms with Crippen molar-refractivity contribution in [2.45, 2.75) is 39.3 Å². The van der Waals surface area contributed by atoms with E-state index < -0.39 is 0 Å². The molecule has 0 N–H and O–H groups in total. The number of rotatable bonds is 2. The van der Waals surface area contributed by atoms with Crippen molar-refractivity contribution in [1.29, 1.82) is 0 Å². The van der Waals surface area contributed by atoms with Crippen LogP contribution >= 0.6 is 15.9 Å². The Balaban J connectivity index is 2.11. The molecule has 0 aliphatic carbocycles. The second-order valence-corrected chi connectivity index (χ2v) is 5.97. The van der Waals surface area contributed by atoms with Crippen LogP contribution in [0.15, 0.2) is 22.7 Å². The van der Waals surface area contributed by atoms with Crippen molar-refractivity contribution < 1.29 is 4.39 Å². The summed E-state index contributed by atoms with van der Waals surface area (Å²) in [6.45, 7) is 6.51. The van der Waals surface area contributed by atoms with Gasteiger partial charge in [-0.15, -0.1) is 0 Å². The van der Waals surface area contributed by atoms with E-state index in [4.69, 9.17) is 0 Å². The predicted molar refractivity (Wildman–Crippen MR) is 72.4 cm³/mol. The van der Waals surface area contributed by atoms with E-state index in [1.807, 2.05) is 6.07 Å². The molecule has 1 fully saturated rings. The fourth-order valence-electron chi connectivity index (χ4n) is 2.49. The molecule has 0 amide bonds. The highest BCUT2D eigenvalue weighted by Gasteiger charge is 2.23. The molecular formula is C14H19BrFN. The van der Waals surface area contributed by atoms with E-state index >= 15 is 0 Å². The zero-order valence-electron chi connectivity index (χ0n) is 10.4. The SMILES string of the molecule is CC1CCC(C)N(Cc2cccc(F)c2Br)C1. The standard InChI is InChI=1S/C14H19BrFN/c1-10-6-7-11(2)17(8-10)9-12-4-3-5-13(16)14(12)15/h3-5,10-11H,6-9H2,1-2H3. The maximum absolute atomic E-state index is 13.4. The van der Waals surface area contributed by atoms with Crippen molar-refractivity contribution in [2.24, 2.45) is 5.92 Å². The van der Waals surface area contributed by atoms with Crippen LogP contribution < -0.4 is 0 Å². The maximum atomic E-state index is 13.4. The molecule has 17 heavy (non-hydrogen) atoms. The molecule has 1 saturated heterocycles. The third kappa shape index (κ3) is 3.08. The van der Waals surface area contributed by atoms with Crippen molar-refractivity contribution >= 4 is 15.9 Å². The zero-order valence-corrected chi connectivity index (χ0v) is 12.0. The smallest absolute Gasteiger partial charge is 0.137 e. The summed E-state index contributed by atoms with van der Waals surface area (Å²) >= 11 is 3.34. The van der Waals surface area contributed by atoms with Gasteiger partial charge in [-0.2, -0.15) is 0 Å². The van der Waals surface area contributed by atoms with Gasteiger partial charge in [-0.3, -0.25) is 4.90 Å². The molecule has 1 aliphatic rings. The molecule has 1 aliphatic heterocycles. The number of benzene rings is 1. The van der Waals surface area contributed by atoms with Gasteiger partial charge >= 0.3 is 0 Å². The van der Waals surface area contributed by atoms with Crippen LogP contribution in [0.4, 0.5) is 4.39 Å². The van der Waals surface area contributed by atoms with Crippen molar-refractivity contribution in [3.8, 4) is 0 Å². The molecule has 0 aromatic heterocycles. The molecule has 2 unspecified atom stereocenters. The number of halogens is 2. The fraction of sp³-hybridized carbons (Fsp3) is 0.571. The summed E-state index contributed by atoms with van der Waals surface area (Å²) < 4.78 is 14.1. The molecule has 2 rings (SSSR count). The minimum absolute atomic E-state index is 0.166. The van der Waals surface area contributed by atoms with Gasteiger partial charge in [0.2, 0.25) is 0 Å². The van der Waals surface area contributed by atoms with Gasteiger partial charge in [0.15, 0.2) is 0 Å². The first-order valence-electron chi connectivity index (χ1n) is 6.25. The molecule has 1 aromatic rings. The van der Waals surface area contributed by atoms with Crippen molar-refractivity contribution in [1.82, 2.24) is 4.90 Å². The summed E-state index contributed by atoms with van der Waals surface area (Å²) in [6.07, 6.45) is 2.55. The second kappa shape index (κ2) is 5.49. The van der Waals surface area contributed by atoms with E-state index in [2.05, 4.69) is 34.7 Å². The fourth-order valence-corrected chi connectivity index (χ4v) is 2.88. The Morgan fingerprint density at radius 3 is 2.88 bits per heavy atom. The molecule has 1 heterocycles. The lowest BCUT2D eigenvalue weighted by molar-refractivity contribution is 0.117. The van der Waals surface area contributed by atoms with E-state index in [1.54, 1.807) is 6.07 Å². The normalized spacial score (nSPS) is 26.1. The van der Waals surface area contributed by atoms with Crippen LogP contribution in [0.3, 0.4) is 0 Å². The highest BCUT2D eigenvalue weighted by Crippen LogP contribution is 2.27. The van der Waals surface area contributed by atoms with Gasteiger partial charge in [-0.1, -0.05) is 19.1 Å². The van der Waals surface area contributed by atoms with Crippen LogP contribution in [0.1, 0.15) is 32.3 Å². The average molecular weight is 300 g/mol. The summed E-state index contributed by atoms with van der Waals surface area (Å²) in [5.74, 6) is 0.582. The van der Waals surface area contributed by atoms with Crippen molar-refractivity contribution in [3.63, 3.8) is 0 Å². The largest absolute Gasteiger partial charge is 0.296 e. The minimum atomic E-state index is -0.166. The topological polar surface area (TPSA) is 3.24 Å². The molecule has 3 heteroatoms. The lowest BCUT2D eigenvalue weighted by Crippen LogP contribution is -2.40. The van der Waals surface area contributed by atoms with Gasteiger partial charge < -0.3 is 0 Å². The maximum Gasteiger partial charge on any atom is 0.137 e. The monoisotopic (exact) mass is 299 g/mol. The van der Waals surface area contributed by atoms with Crippen LogP contribution in [0, 0.1) is 11.7 Å². The summed E-state index contributed by atoms with van der Waals surface area (Å²) in [7, 11) is 0. The number of hydrogen-bond acceptors (Lipinski definition) is 1. The summed E-state index contributed by atoms with van der Waals surface area (Å²) in [5, 5.41) is 0. The van der Waals surface area contributed by atoms with Gasteiger partial charge in [0, 0.05) is 19.1 Å². The van der Waals surface area contributed by atoms with Crippen LogP contribution in [-0.2, 0) is 6.54 Å². The second-order valence-electron chi connectivity index (χ2n) is 5.17. The van der Waals surface area contributed by atoms with E-state index in [1.165, 1.54) is 18.9 Å². The van der Waals surface area contributed by atoms with Crippen LogP contribution in [0.5, 0.6) is 0 Å². The average Bonchev–Trinajstić information content (AvgIpc) is 2.30. The highest BCUT2D eigenvalue weighted by molar-refractivity contribution is 9.10. The number of likely N-dealkylation sites (tertiary alicyclic amines) is 1. The molecule has 0 spiro atoms. The highest BCUT2D eigenvalue weighted by atomic mass is 79.9. The summed E-state index contributed by atoms with van der Waals surface area (Å²) in [5.41, 5.74) is 1.05. The van der Waals surface area contributed by atoms with Crippen LogP contribution in [-0.4, -0.2) is 17.5 Å². The minimum Gasteiger partial charge on any atom is -0.296 e. The van der Waals surface area contributed by atoms with Gasteiger partial charge in [0.1, 0.15) is 5.82 Å². The Bertz CT molecular complexity index is 394. The Labute approximate surface area is 111 Å². The molecular weight excluding hydrogens is 281 g/mol. The van der Waals surface area contributed by atoms with E-state index in [9.17, 15) is 4.39 Å². The van der Waals surface area contributed by atoms with Crippen molar-refractivity contribution in [3.05, 3.63) is 34.1 Å². The zero-order chi connectivity index (χ0) is 12.4. The Morgan fingerprint density at radius 2 is 2.12 bits per heavy atom. The predicted octanol–water partition coefficient (Wildman–Crippen LogP) is 4.21. The van der Waals surface area contributed by atoms with Gasteiger partial charge in [0.05, 0.1) is 4.47 Å². The third-order valence-corrected chi connectivity index (χ3v) is 4.54. The van der Waals surface area contributed by atoms with Crippen LogP contribution in [0.25, 0.3) is 0 Å². The van der Waals surface area contributed by atoms with Crippen molar-refractivity contribution in [2.75, 3.05) is 6.54 Å². The Morgan fingerprint density at radius 1 is 1.35 bits per heavy atom. The van der Waals surface area contributed by atoms with E-state index in [0.717, 1.165) is 24.6 Å². The van der Waals surface area contributed by atoms with E-state index in [0.29, 0.717) is 10.5 Å². The molecule has 0 saturated carbocycles. The molecule has 2 atom stereocenters. The van der Waals surface area contributed by atoms with Gasteiger partial charge in [-0.25, -0.2) is 4.39 Å². The molecule has 1 aromatic carbocycles. The summed E-state index contributed by atoms with van der Waals surface area (Å²) in [6, 6.07) is 5.88. The van der Waals surface area contributed by atoms with Crippen LogP contribution in [0.2, 0.25) is 0 Å². The first-order chi connectivity index (χ1) is 8.08. The molecule has 0 bridgehead atoms. The quantitative estimate of drug-likeness (QED) is 0.791. The Hall–Kier alpha value is -0.410. The number of piperidine rings is 1. The van der Waals surface area contributed by atoms with Gasteiger partial charge in [0.25, 0.3) is 0 Å². The molecule has 1 nitrogen and oxygen atoms in total. The number of nitrogens with zero attached hydrogens (tertiary/aromatic N) is 1. The first-order valence-corrected chi connectivity index (χ1v) is 7.04.